The van der Waals surface area contributed by atoms with Gasteiger partial charge in [0.2, 0.25) is 0 Å². The lowest BCUT2D eigenvalue weighted by atomic mass is 9.63. The minimum absolute atomic E-state index is 0.0621. The van der Waals surface area contributed by atoms with Crippen LogP contribution < -0.4 is 0 Å². The molecule has 0 radical (unpaired) electrons. The first kappa shape index (κ1) is 13.5. The molecule has 1 heteroatoms. The highest BCUT2D eigenvalue weighted by Gasteiger charge is 2.43. The van der Waals surface area contributed by atoms with E-state index in [1.54, 1.807) is 0 Å². The molecule has 1 aliphatic carbocycles. The van der Waals surface area contributed by atoms with Crippen LogP contribution >= 0.6 is 0 Å². The lowest BCUT2D eigenvalue weighted by molar-refractivity contribution is 0.0177. The monoisotopic (exact) mass is 222 g/mol. The SMILES string of the molecule is CC(C)C=C=C1C(C)(C)CC(C)CC1(C)O. The molecule has 2 unspecified atom stereocenters. The molecule has 1 N–H and O–H groups in total. The van der Waals surface area contributed by atoms with Gasteiger partial charge in [0, 0.05) is 5.57 Å². The molecule has 1 nitrogen and oxygen atoms in total. The van der Waals surface area contributed by atoms with Gasteiger partial charge in [-0.15, -0.1) is 5.73 Å². The van der Waals surface area contributed by atoms with E-state index in [4.69, 9.17) is 0 Å². The van der Waals surface area contributed by atoms with E-state index >= 15 is 0 Å². The summed E-state index contributed by atoms with van der Waals surface area (Å²) in [6.07, 6.45) is 4.06. The second-order valence-electron chi connectivity index (χ2n) is 6.60. The second kappa shape index (κ2) is 4.39. The van der Waals surface area contributed by atoms with Gasteiger partial charge in [-0.05, 0) is 43.1 Å². The Balaban J connectivity index is 3.17. The van der Waals surface area contributed by atoms with Crippen LogP contribution in [0.4, 0.5) is 0 Å². The maximum absolute atomic E-state index is 10.5. The van der Waals surface area contributed by atoms with E-state index in [0.29, 0.717) is 11.8 Å². The topological polar surface area (TPSA) is 20.2 Å². The van der Waals surface area contributed by atoms with Crippen molar-refractivity contribution in [3.05, 3.63) is 17.4 Å². The van der Waals surface area contributed by atoms with Crippen LogP contribution in [0.15, 0.2) is 17.4 Å². The smallest absolute Gasteiger partial charge is 0.0909 e. The Morgan fingerprint density at radius 3 is 2.31 bits per heavy atom. The fraction of sp³-hybridized carbons (Fsp3) is 0.800. The van der Waals surface area contributed by atoms with Crippen molar-refractivity contribution in [3.8, 4) is 0 Å². The van der Waals surface area contributed by atoms with E-state index in [1.165, 1.54) is 0 Å². The summed E-state index contributed by atoms with van der Waals surface area (Å²) in [5.41, 5.74) is 3.81. The number of hydrogen-bond donors (Lipinski definition) is 1. The van der Waals surface area contributed by atoms with Gasteiger partial charge >= 0.3 is 0 Å². The molecule has 0 aromatic carbocycles. The Morgan fingerprint density at radius 1 is 1.31 bits per heavy atom. The molecule has 0 aromatic heterocycles. The Morgan fingerprint density at radius 2 is 1.88 bits per heavy atom. The van der Waals surface area contributed by atoms with Crippen molar-refractivity contribution in [1.29, 1.82) is 0 Å². The summed E-state index contributed by atoms with van der Waals surface area (Å²) in [5.74, 6) is 1.06. The molecular formula is C15H26O. The molecule has 1 saturated carbocycles. The van der Waals surface area contributed by atoms with Gasteiger partial charge in [-0.1, -0.05) is 34.6 Å². The molecule has 1 aliphatic rings. The zero-order valence-electron chi connectivity index (χ0n) is 11.6. The highest BCUT2D eigenvalue weighted by molar-refractivity contribution is 5.25. The number of rotatable bonds is 1. The largest absolute Gasteiger partial charge is 0.385 e. The Labute approximate surface area is 100 Å². The lowest BCUT2D eigenvalue weighted by Crippen LogP contribution is -2.42. The van der Waals surface area contributed by atoms with Crippen LogP contribution in [0.3, 0.4) is 0 Å². The molecule has 0 bridgehead atoms. The van der Waals surface area contributed by atoms with Gasteiger partial charge in [0.1, 0.15) is 0 Å². The molecular weight excluding hydrogens is 196 g/mol. The summed E-state index contributed by atoms with van der Waals surface area (Å²) in [5, 5.41) is 10.5. The van der Waals surface area contributed by atoms with Gasteiger partial charge in [-0.2, -0.15) is 0 Å². The third kappa shape index (κ3) is 2.99. The molecule has 1 rings (SSSR count). The molecule has 0 spiro atoms. The Bertz CT molecular complexity index is 294. The van der Waals surface area contributed by atoms with Gasteiger partial charge in [0.05, 0.1) is 5.60 Å². The number of aliphatic hydroxyl groups is 1. The highest BCUT2D eigenvalue weighted by atomic mass is 16.3. The minimum atomic E-state index is -0.688. The average molecular weight is 222 g/mol. The average Bonchev–Trinajstić information content (AvgIpc) is 1.96. The van der Waals surface area contributed by atoms with E-state index in [9.17, 15) is 5.11 Å². The quantitative estimate of drug-likeness (QED) is 0.666. The minimum Gasteiger partial charge on any atom is -0.385 e. The van der Waals surface area contributed by atoms with Crippen LogP contribution in [0.1, 0.15) is 54.4 Å². The molecule has 0 amide bonds. The zero-order valence-corrected chi connectivity index (χ0v) is 11.6. The number of hydrogen-bond acceptors (Lipinski definition) is 1. The van der Waals surface area contributed by atoms with E-state index in [0.717, 1.165) is 18.4 Å². The molecule has 0 saturated heterocycles. The van der Waals surface area contributed by atoms with Crippen LogP contribution in [-0.2, 0) is 0 Å². The Hall–Kier alpha value is -0.520. The van der Waals surface area contributed by atoms with Crippen molar-refractivity contribution in [1.82, 2.24) is 0 Å². The molecule has 0 aromatic rings. The fourth-order valence-electron chi connectivity index (χ4n) is 3.16. The van der Waals surface area contributed by atoms with Crippen molar-refractivity contribution in [3.63, 3.8) is 0 Å². The van der Waals surface area contributed by atoms with Crippen molar-refractivity contribution in [2.75, 3.05) is 0 Å². The van der Waals surface area contributed by atoms with Crippen LogP contribution in [0, 0.1) is 17.3 Å². The molecule has 0 aliphatic heterocycles. The predicted molar refractivity (Wildman–Crippen MR) is 69.2 cm³/mol. The van der Waals surface area contributed by atoms with Crippen LogP contribution in [0.5, 0.6) is 0 Å². The van der Waals surface area contributed by atoms with E-state index in [-0.39, 0.29) is 5.41 Å². The van der Waals surface area contributed by atoms with Gasteiger partial charge in [0.25, 0.3) is 0 Å². The van der Waals surface area contributed by atoms with Gasteiger partial charge in [0.15, 0.2) is 0 Å². The maximum Gasteiger partial charge on any atom is 0.0909 e. The summed E-state index contributed by atoms with van der Waals surface area (Å²) in [6.45, 7) is 12.9. The normalized spacial score (nSPS) is 33.8. The zero-order chi connectivity index (χ0) is 12.6. The summed E-state index contributed by atoms with van der Waals surface area (Å²) >= 11 is 0. The predicted octanol–water partition coefficient (Wildman–Crippen LogP) is 3.93. The fourth-order valence-corrected chi connectivity index (χ4v) is 3.16. The van der Waals surface area contributed by atoms with Crippen molar-refractivity contribution in [2.45, 2.75) is 60.0 Å². The van der Waals surface area contributed by atoms with Crippen molar-refractivity contribution in [2.24, 2.45) is 17.3 Å². The Kier molecular flexibility index (Phi) is 3.72. The van der Waals surface area contributed by atoms with Gasteiger partial charge < -0.3 is 5.11 Å². The lowest BCUT2D eigenvalue weighted by Gasteiger charge is -2.44. The molecule has 92 valence electrons. The standard InChI is InChI=1S/C15H26O/c1-11(2)7-8-13-14(4,5)9-12(3)10-15(13,6)16/h7,11-12,16H,9-10H2,1-6H3. The van der Waals surface area contributed by atoms with E-state index < -0.39 is 5.60 Å². The van der Waals surface area contributed by atoms with Crippen molar-refractivity contribution >= 4 is 0 Å². The summed E-state index contributed by atoms with van der Waals surface area (Å²) in [6, 6.07) is 0. The first-order chi connectivity index (χ1) is 7.15. The molecule has 0 heterocycles. The highest BCUT2D eigenvalue weighted by Crippen LogP contribution is 2.47. The van der Waals surface area contributed by atoms with Gasteiger partial charge in [-0.3, -0.25) is 0 Å². The summed E-state index contributed by atoms with van der Waals surface area (Å²) in [7, 11) is 0. The molecule has 1 fully saturated rings. The molecule has 2 atom stereocenters. The first-order valence-corrected chi connectivity index (χ1v) is 6.35. The first-order valence-electron chi connectivity index (χ1n) is 6.35. The van der Waals surface area contributed by atoms with Crippen LogP contribution in [0.2, 0.25) is 0 Å². The summed E-state index contributed by atoms with van der Waals surface area (Å²) in [4.78, 5) is 0. The van der Waals surface area contributed by atoms with Crippen molar-refractivity contribution < 1.29 is 5.11 Å². The molecule has 16 heavy (non-hydrogen) atoms. The van der Waals surface area contributed by atoms with E-state index in [2.05, 4.69) is 46.4 Å². The summed E-state index contributed by atoms with van der Waals surface area (Å²) < 4.78 is 0. The third-order valence-corrected chi connectivity index (χ3v) is 3.38. The third-order valence-electron chi connectivity index (χ3n) is 3.38. The maximum atomic E-state index is 10.5. The van der Waals surface area contributed by atoms with Crippen LogP contribution in [-0.4, -0.2) is 10.7 Å². The van der Waals surface area contributed by atoms with Gasteiger partial charge in [-0.25, -0.2) is 0 Å². The van der Waals surface area contributed by atoms with Crippen LogP contribution in [0.25, 0.3) is 0 Å². The van der Waals surface area contributed by atoms with E-state index in [1.807, 2.05) is 6.92 Å². The second-order valence-corrected chi connectivity index (χ2v) is 6.60.